The van der Waals surface area contributed by atoms with Crippen molar-refractivity contribution in [1.82, 2.24) is 0 Å². The van der Waals surface area contributed by atoms with Crippen molar-refractivity contribution in [1.29, 1.82) is 0 Å². The Kier molecular flexibility index (Phi) is 7.47. The van der Waals surface area contributed by atoms with Crippen molar-refractivity contribution in [3.8, 4) is 5.75 Å². The fourth-order valence-electron chi connectivity index (χ4n) is 4.54. The standard InChI is InChI=1S/C25H24O15/c26-13-15(28)19(21(32)33)38-25(18(13)31)40-23(35)20-16(29)14(27)17(30)24(39-20)36-8-5-6-10-9-3-1-2-4-11(9)22(34)37-12(10)7-8/h1-7,13-20,24-31H,(H,32,33)/t13-,14-,15-,16-,17+,18+,19-,20-,24?,25?/m0/s1. The third-order valence-electron chi connectivity index (χ3n) is 6.69. The van der Waals surface area contributed by atoms with Gasteiger partial charge in [0.05, 0.1) is 5.39 Å². The van der Waals surface area contributed by atoms with Crippen LogP contribution in [0.25, 0.3) is 21.7 Å². The Hall–Kier alpha value is -3.67. The first-order chi connectivity index (χ1) is 19.0. The second-order valence-electron chi connectivity index (χ2n) is 9.28. The van der Waals surface area contributed by atoms with E-state index in [4.69, 9.17) is 28.5 Å². The lowest BCUT2D eigenvalue weighted by molar-refractivity contribution is -0.302. The molecule has 2 aliphatic heterocycles. The number of carbonyl (C=O) groups excluding carboxylic acids is 1. The molecule has 2 fully saturated rings. The van der Waals surface area contributed by atoms with Gasteiger partial charge in [-0.2, -0.15) is 0 Å². The van der Waals surface area contributed by atoms with Crippen LogP contribution < -0.4 is 10.4 Å². The van der Waals surface area contributed by atoms with Crippen LogP contribution in [0.2, 0.25) is 0 Å². The van der Waals surface area contributed by atoms with Gasteiger partial charge in [0, 0.05) is 11.5 Å². The molecule has 0 amide bonds. The quantitative estimate of drug-likeness (QED) is 0.0967. The van der Waals surface area contributed by atoms with Gasteiger partial charge in [-0.05, 0) is 23.6 Å². The molecular formula is C25H24O15. The minimum Gasteiger partial charge on any atom is -0.479 e. The van der Waals surface area contributed by atoms with E-state index in [0.717, 1.165) is 0 Å². The highest BCUT2D eigenvalue weighted by Crippen LogP contribution is 2.30. The Morgan fingerprint density at radius 1 is 0.700 bits per heavy atom. The van der Waals surface area contributed by atoms with Gasteiger partial charge in [-0.1, -0.05) is 18.2 Å². The summed E-state index contributed by atoms with van der Waals surface area (Å²) in [5, 5.41) is 71.5. The van der Waals surface area contributed by atoms with E-state index in [1.165, 1.54) is 12.1 Å². The fourth-order valence-corrected chi connectivity index (χ4v) is 4.54. The van der Waals surface area contributed by atoms with E-state index in [9.17, 15) is 45.0 Å². The van der Waals surface area contributed by atoms with E-state index in [-0.39, 0.29) is 11.3 Å². The van der Waals surface area contributed by atoms with Crippen molar-refractivity contribution < 1.29 is 68.7 Å². The van der Waals surface area contributed by atoms with E-state index in [0.29, 0.717) is 16.2 Å². The van der Waals surface area contributed by atoms with E-state index < -0.39 is 79.0 Å². The topological polar surface area (TPSA) is 243 Å². The van der Waals surface area contributed by atoms with E-state index >= 15 is 0 Å². The fraction of sp³-hybridized carbons (Fsp3) is 0.400. The minimum absolute atomic E-state index is 0.0156. The van der Waals surface area contributed by atoms with Gasteiger partial charge >= 0.3 is 17.6 Å². The molecule has 0 spiro atoms. The van der Waals surface area contributed by atoms with Crippen molar-refractivity contribution in [2.75, 3.05) is 0 Å². The zero-order valence-electron chi connectivity index (χ0n) is 20.2. The lowest BCUT2D eigenvalue weighted by Gasteiger charge is -2.41. The first-order valence-corrected chi connectivity index (χ1v) is 11.9. The highest BCUT2D eigenvalue weighted by atomic mass is 16.7. The number of rotatable bonds is 5. The average Bonchev–Trinajstić information content (AvgIpc) is 2.93. The second-order valence-corrected chi connectivity index (χ2v) is 9.28. The molecule has 7 N–H and O–H groups in total. The summed E-state index contributed by atoms with van der Waals surface area (Å²) >= 11 is 0. The number of fused-ring (bicyclic) bond motifs is 3. The highest BCUT2D eigenvalue weighted by molar-refractivity contribution is 6.04. The van der Waals surface area contributed by atoms with E-state index in [2.05, 4.69) is 0 Å². The van der Waals surface area contributed by atoms with Gasteiger partial charge < -0.3 is 59.1 Å². The Labute approximate surface area is 222 Å². The molecule has 15 nitrogen and oxygen atoms in total. The number of aliphatic carboxylic acids is 1. The first kappa shape index (κ1) is 27.9. The number of carboxylic acid groups (broad SMARTS) is 1. The van der Waals surface area contributed by atoms with Crippen LogP contribution in [-0.4, -0.2) is 109 Å². The first-order valence-electron chi connectivity index (χ1n) is 11.9. The molecule has 0 bridgehead atoms. The maximum atomic E-state index is 12.8. The molecular weight excluding hydrogens is 540 g/mol. The van der Waals surface area contributed by atoms with Crippen molar-refractivity contribution in [3.05, 3.63) is 52.9 Å². The van der Waals surface area contributed by atoms with Gasteiger partial charge in [0.1, 0.15) is 48.0 Å². The number of ether oxygens (including phenoxy) is 4. The van der Waals surface area contributed by atoms with Gasteiger partial charge in [-0.15, -0.1) is 0 Å². The summed E-state index contributed by atoms with van der Waals surface area (Å²) in [5.41, 5.74) is -0.481. The molecule has 0 aliphatic carbocycles. The van der Waals surface area contributed by atoms with Gasteiger partial charge in [-0.25, -0.2) is 14.4 Å². The molecule has 2 aromatic carbocycles. The highest BCUT2D eigenvalue weighted by Gasteiger charge is 2.52. The normalized spacial score (nSPS) is 34.5. The van der Waals surface area contributed by atoms with Crippen LogP contribution in [0.3, 0.4) is 0 Å². The molecule has 2 unspecified atom stereocenters. The van der Waals surface area contributed by atoms with Gasteiger partial charge in [0.2, 0.25) is 12.6 Å². The Balaban J connectivity index is 1.35. The molecule has 3 heterocycles. The van der Waals surface area contributed by atoms with Crippen molar-refractivity contribution >= 4 is 33.7 Å². The van der Waals surface area contributed by atoms with Crippen LogP contribution >= 0.6 is 0 Å². The summed E-state index contributed by atoms with van der Waals surface area (Å²) < 4.78 is 26.0. The number of benzene rings is 2. The van der Waals surface area contributed by atoms with Gasteiger partial charge in [0.15, 0.2) is 12.2 Å². The average molecular weight is 564 g/mol. The summed E-state index contributed by atoms with van der Waals surface area (Å²) in [4.78, 5) is 36.4. The maximum Gasteiger partial charge on any atom is 0.344 e. The van der Waals surface area contributed by atoms with E-state index in [1.54, 1.807) is 30.3 Å². The molecule has 2 aliphatic rings. The van der Waals surface area contributed by atoms with Crippen molar-refractivity contribution in [3.63, 3.8) is 0 Å². The number of hydrogen-bond acceptors (Lipinski definition) is 14. The minimum atomic E-state index is -2.11. The maximum absolute atomic E-state index is 12.8. The monoisotopic (exact) mass is 564 g/mol. The van der Waals surface area contributed by atoms with E-state index in [1.807, 2.05) is 0 Å². The van der Waals surface area contributed by atoms with Crippen LogP contribution in [0.1, 0.15) is 0 Å². The Bertz CT molecular complexity index is 1490. The molecule has 15 heteroatoms. The molecule has 40 heavy (non-hydrogen) atoms. The largest absolute Gasteiger partial charge is 0.479 e. The van der Waals surface area contributed by atoms with Gasteiger partial charge in [0.25, 0.3) is 0 Å². The molecule has 0 saturated carbocycles. The predicted molar refractivity (Wildman–Crippen MR) is 128 cm³/mol. The summed E-state index contributed by atoms with van der Waals surface area (Å²) in [6.07, 6.45) is -20.2. The van der Waals surface area contributed by atoms with Crippen LogP contribution in [0.5, 0.6) is 5.75 Å². The summed E-state index contributed by atoms with van der Waals surface area (Å²) in [7, 11) is 0. The molecule has 2 saturated heterocycles. The third-order valence-corrected chi connectivity index (χ3v) is 6.69. The smallest absolute Gasteiger partial charge is 0.344 e. The van der Waals surface area contributed by atoms with Crippen LogP contribution in [0.15, 0.2) is 51.7 Å². The SMILES string of the molecule is O=C(O)[C@H]1OC(OC(=O)[C@H]2OC(Oc3ccc4c(c3)oc(=O)c3ccccc34)[C@H](O)[C@@H](O)[C@@H]2O)[C@H](O)[C@@H](O)[C@@H]1O. The van der Waals surface area contributed by atoms with Crippen molar-refractivity contribution in [2.24, 2.45) is 0 Å². The predicted octanol–water partition coefficient (Wildman–Crippen LogP) is -2.43. The summed E-state index contributed by atoms with van der Waals surface area (Å²) in [5.74, 6) is -3.22. The van der Waals surface area contributed by atoms with Crippen molar-refractivity contribution in [2.45, 2.75) is 61.4 Å². The summed E-state index contributed by atoms with van der Waals surface area (Å²) in [6, 6.07) is 11.1. The molecule has 3 aromatic rings. The number of aliphatic hydroxyl groups is 6. The van der Waals surface area contributed by atoms with Gasteiger partial charge in [-0.3, -0.25) is 0 Å². The number of aliphatic hydroxyl groups excluding tert-OH is 6. The number of carboxylic acids is 1. The zero-order valence-corrected chi connectivity index (χ0v) is 20.2. The number of esters is 1. The molecule has 0 radical (unpaired) electrons. The zero-order chi connectivity index (χ0) is 28.9. The molecule has 5 rings (SSSR count). The molecule has 1 aromatic heterocycles. The van der Waals surface area contributed by atoms with Crippen LogP contribution in [-0.2, 0) is 23.8 Å². The third kappa shape index (κ3) is 4.89. The number of carbonyl (C=O) groups is 2. The number of hydrogen-bond donors (Lipinski definition) is 7. The lowest BCUT2D eigenvalue weighted by Crippen LogP contribution is -2.63. The molecule has 214 valence electrons. The van der Waals surface area contributed by atoms with Crippen LogP contribution in [0.4, 0.5) is 0 Å². The Morgan fingerprint density at radius 3 is 1.98 bits per heavy atom. The lowest BCUT2D eigenvalue weighted by atomic mass is 9.98. The summed E-state index contributed by atoms with van der Waals surface area (Å²) in [6.45, 7) is 0. The Morgan fingerprint density at radius 2 is 1.30 bits per heavy atom. The second kappa shape index (κ2) is 10.7. The van der Waals surface area contributed by atoms with Crippen LogP contribution in [0, 0.1) is 0 Å². The molecule has 10 atom stereocenters.